The zero-order valence-electron chi connectivity index (χ0n) is 11.8. The number of ether oxygens (including phenoxy) is 1. The van der Waals surface area contributed by atoms with Crippen LogP contribution in [0, 0.1) is 0 Å². The maximum absolute atomic E-state index is 12.2. The van der Waals surface area contributed by atoms with Gasteiger partial charge in [0.1, 0.15) is 5.75 Å². The van der Waals surface area contributed by atoms with Gasteiger partial charge in [-0.3, -0.25) is 5.32 Å². The second-order valence-electron chi connectivity index (χ2n) is 4.61. The summed E-state index contributed by atoms with van der Waals surface area (Å²) in [6.07, 6.45) is -3.05. The van der Waals surface area contributed by atoms with Crippen LogP contribution in [0.4, 0.5) is 23.8 Å². The largest absolute Gasteiger partial charge is 0.573 e. The summed E-state index contributed by atoms with van der Waals surface area (Å²) < 4.78 is 41.8. The Bertz CT molecular complexity index is 890. The van der Waals surface area contributed by atoms with Crippen molar-refractivity contribution in [2.75, 3.05) is 5.32 Å². The summed E-state index contributed by atoms with van der Waals surface area (Å²) in [5.74, 6) is -0.367. The van der Waals surface area contributed by atoms with E-state index in [-0.39, 0.29) is 11.6 Å². The van der Waals surface area contributed by atoms with Crippen molar-refractivity contribution >= 4 is 17.6 Å². The first-order chi connectivity index (χ1) is 11.3. The summed E-state index contributed by atoms with van der Waals surface area (Å²) in [5, 5.41) is 15.1. The van der Waals surface area contributed by atoms with Crippen LogP contribution in [0.3, 0.4) is 0 Å². The van der Waals surface area contributed by atoms with E-state index in [1.165, 1.54) is 22.8 Å². The fourth-order valence-electron chi connectivity index (χ4n) is 2.16. The molecule has 124 valence electrons. The lowest BCUT2D eigenvalue weighted by Gasteiger charge is -2.09. The lowest BCUT2D eigenvalue weighted by atomic mass is 10.1. The summed E-state index contributed by atoms with van der Waals surface area (Å²) in [4.78, 5) is 15.0. The van der Waals surface area contributed by atoms with Gasteiger partial charge < -0.3 is 9.84 Å². The number of nitrogens with zero attached hydrogens (tertiary/aromatic N) is 3. The molecule has 1 amide bonds. The minimum Gasteiger partial charge on any atom is -0.465 e. The number of halogens is 3. The molecule has 2 aromatic heterocycles. The highest BCUT2D eigenvalue weighted by Crippen LogP contribution is 2.33. The molecule has 2 heterocycles. The molecule has 0 spiro atoms. The molecule has 2 N–H and O–H groups in total. The number of benzene rings is 1. The van der Waals surface area contributed by atoms with E-state index in [4.69, 9.17) is 5.11 Å². The summed E-state index contributed by atoms with van der Waals surface area (Å²) in [6, 6.07) is 6.58. The Kier molecular flexibility index (Phi) is 3.72. The second-order valence-corrected chi connectivity index (χ2v) is 4.61. The highest BCUT2D eigenvalue weighted by Gasteiger charge is 2.31. The first-order valence-electron chi connectivity index (χ1n) is 6.53. The van der Waals surface area contributed by atoms with Crippen molar-refractivity contribution in [1.29, 1.82) is 0 Å². The maximum atomic E-state index is 12.2. The van der Waals surface area contributed by atoms with E-state index in [1.807, 2.05) is 0 Å². The number of aromatic nitrogens is 3. The van der Waals surface area contributed by atoms with Gasteiger partial charge in [-0.05, 0) is 23.8 Å². The van der Waals surface area contributed by atoms with E-state index >= 15 is 0 Å². The Balaban J connectivity index is 2.06. The van der Waals surface area contributed by atoms with Crippen molar-refractivity contribution in [2.24, 2.45) is 0 Å². The highest BCUT2D eigenvalue weighted by molar-refractivity contribution is 5.94. The smallest absolute Gasteiger partial charge is 0.465 e. The number of carboxylic acid groups (broad SMARTS) is 1. The van der Waals surface area contributed by atoms with E-state index in [1.54, 1.807) is 12.3 Å². The summed E-state index contributed by atoms with van der Waals surface area (Å²) >= 11 is 0. The molecule has 0 unspecified atom stereocenters. The fourth-order valence-corrected chi connectivity index (χ4v) is 2.16. The molecule has 0 bridgehead atoms. The molecule has 0 aliphatic carbocycles. The average molecular weight is 338 g/mol. The van der Waals surface area contributed by atoms with Gasteiger partial charge in [0.15, 0.2) is 11.5 Å². The zero-order chi connectivity index (χ0) is 17.3. The summed E-state index contributed by atoms with van der Waals surface area (Å²) in [6.45, 7) is 0. The molecule has 0 atom stereocenters. The van der Waals surface area contributed by atoms with Gasteiger partial charge in [0, 0.05) is 12.4 Å². The number of rotatable bonds is 3. The van der Waals surface area contributed by atoms with E-state index < -0.39 is 12.5 Å². The van der Waals surface area contributed by atoms with Gasteiger partial charge in [0.2, 0.25) is 0 Å². The lowest BCUT2D eigenvalue weighted by molar-refractivity contribution is -0.274. The third-order valence-electron chi connectivity index (χ3n) is 3.00. The maximum Gasteiger partial charge on any atom is 0.573 e. The zero-order valence-corrected chi connectivity index (χ0v) is 11.8. The fraction of sp³-hybridized carbons (Fsp3) is 0.0714. The van der Waals surface area contributed by atoms with Gasteiger partial charge in [-0.25, -0.2) is 14.3 Å². The van der Waals surface area contributed by atoms with Crippen molar-refractivity contribution in [3.63, 3.8) is 0 Å². The van der Waals surface area contributed by atoms with Crippen LogP contribution >= 0.6 is 0 Å². The van der Waals surface area contributed by atoms with E-state index in [9.17, 15) is 18.0 Å². The van der Waals surface area contributed by atoms with Crippen LogP contribution in [0.15, 0.2) is 42.7 Å². The van der Waals surface area contributed by atoms with Crippen LogP contribution in [0.1, 0.15) is 0 Å². The molecule has 0 fully saturated rings. The Labute approximate surface area is 132 Å². The number of amides is 1. The van der Waals surface area contributed by atoms with Gasteiger partial charge in [-0.1, -0.05) is 12.1 Å². The molecule has 24 heavy (non-hydrogen) atoms. The SMILES string of the molecule is O=C(O)Nc1nn2cccnc2c1-c1ccc(OC(F)(F)F)cc1. The first kappa shape index (κ1) is 15.6. The molecule has 10 heteroatoms. The van der Waals surface area contributed by atoms with Crippen molar-refractivity contribution in [3.05, 3.63) is 42.7 Å². The van der Waals surface area contributed by atoms with Crippen LogP contribution in [-0.2, 0) is 0 Å². The molecular formula is C14H9F3N4O3. The standard InChI is InChI=1S/C14H9F3N4O3/c15-14(16,17)24-9-4-2-8(3-5-9)10-11(19-13(22)23)20-21-7-1-6-18-12(10)21/h1-7H,(H,19,20)(H,22,23). The number of anilines is 1. The predicted octanol–water partition coefficient (Wildman–Crippen LogP) is 3.38. The Morgan fingerprint density at radius 3 is 2.58 bits per heavy atom. The number of carbonyl (C=O) groups is 1. The number of nitrogens with one attached hydrogen (secondary N) is 1. The third-order valence-corrected chi connectivity index (χ3v) is 3.00. The Morgan fingerprint density at radius 1 is 1.25 bits per heavy atom. The van der Waals surface area contributed by atoms with Gasteiger partial charge in [-0.2, -0.15) is 0 Å². The average Bonchev–Trinajstić information content (AvgIpc) is 2.83. The number of fused-ring (bicyclic) bond motifs is 1. The first-order valence-corrected chi connectivity index (χ1v) is 6.53. The summed E-state index contributed by atoms with van der Waals surface area (Å²) in [5.41, 5.74) is 1.13. The van der Waals surface area contributed by atoms with Crippen LogP contribution in [-0.4, -0.2) is 32.2 Å². The molecule has 3 rings (SSSR count). The van der Waals surface area contributed by atoms with Crippen LogP contribution < -0.4 is 10.1 Å². The molecule has 7 nitrogen and oxygen atoms in total. The minimum atomic E-state index is -4.79. The van der Waals surface area contributed by atoms with Gasteiger partial charge in [-0.15, -0.1) is 18.3 Å². The predicted molar refractivity (Wildman–Crippen MR) is 76.8 cm³/mol. The monoisotopic (exact) mass is 338 g/mol. The van der Waals surface area contributed by atoms with E-state index in [0.717, 1.165) is 12.1 Å². The van der Waals surface area contributed by atoms with E-state index in [0.29, 0.717) is 16.8 Å². The lowest BCUT2D eigenvalue weighted by Crippen LogP contribution is -2.16. The van der Waals surface area contributed by atoms with Gasteiger partial charge in [0.25, 0.3) is 0 Å². The van der Waals surface area contributed by atoms with Gasteiger partial charge >= 0.3 is 12.5 Å². The van der Waals surface area contributed by atoms with Crippen molar-refractivity contribution in [3.8, 4) is 16.9 Å². The van der Waals surface area contributed by atoms with Crippen molar-refractivity contribution < 1.29 is 27.8 Å². The highest BCUT2D eigenvalue weighted by atomic mass is 19.4. The van der Waals surface area contributed by atoms with Crippen LogP contribution in [0.5, 0.6) is 5.75 Å². The Hall–Kier alpha value is -3.30. The molecule has 0 aliphatic rings. The molecule has 1 aromatic carbocycles. The molecule has 0 radical (unpaired) electrons. The molecule has 0 saturated carbocycles. The molecular weight excluding hydrogens is 329 g/mol. The minimum absolute atomic E-state index is 0.0192. The normalized spacial score (nSPS) is 11.5. The van der Waals surface area contributed by atoms with Crippen molar-refractivity contribution in [2.45, 2.75) is 6.36 Å². The van der Waals surface area contributed by atoms with Crippen LogP contribution in [0.25, 0.3) is 16.8 Å². The van der Waals surface area contributed by atoms with Crippen molar-refractivity contribution in [1.82, 2.24) is 14.6 Å². The van der Waals surface area contributed by atoms with E-state index in [2.05, 4.69) is 20.1 Å². The molecule has 3 aromatic rings. The molecule has 0 aliphatic heterocycles. The third kappa shape index (κ3) is 3.21. The topological polar surface area (TPSA) is 88.8 Å². The molecule has 0 saturated heterocycles. The van der Waals surface area contributed by atoms with Crippen LogP contribution in [0.2, 0.25) is 0 Å². The number of hydrogen-bond acceptors (Lipinski definition) is 4. The summed E-state index contributed by atoms with van der Waals surface area (Å²) in [7, 11) is 0. The number of alkyl halides is 3. The van der Waals surface area contributed by atoms with Gasteiger partial charge in [0.05, 0.1) is 5.56 Å². The quantitative estimate of drug-likeness (QED) is 0.764. The number of hydrogen-bond donors (Lipinski definition) is 2. The Morgan fingerprint density at radius 2 is 1.96 bits per heavy atom. The second kappa shape index (κ2) is 5.72.